The Labute approximate surface area is 119 Å². The van der Waals surface area contributed by atoms with Crippen LogP contribution in [0.25, 0.3) is 0 Å². The van der Waals surface area contributed by atoms with Crippen molar-refractivity contribution in [2.24, 2.45) is 5.41 Å². The second-order valence-corrected chi connectivity index (χ2v) is 6.92. The summed E-state index contributed by atoms with van der Waals surface area (Å²) in [5.74, 6) is -0.333. The van der Waals surface area contributed by atoms with Crippen LogP contribution < -0.4 is 5.32 Å². The number of hydrogen-bond donors (Lipinski definition) is 1. The summed E-state index contributed by atoms with van der Waals surface area (Å²) >= 11 is 0. The molecular formula is C12H12F3NO4S. The zero-order valence-corrected chi connectivity index (χ0v) is 11.7. The van der Waals surface area contributed by atoms with Gasteiger partial charge in [-0.05, 0) is 31.2 Å². The van der Waals surface area contributed by atoms with E-state index in [1.165, 1.54) is 0 Å². The van der Waals surface area contributed by atoms with Crippen LogP contribution in [0.3, 0.4) is 0 Å². The van der Waals surface area contributed by atoms with E-state index in [0.29, 0.717) is 0 Å². The molecule has 1 heterocycles. The zero-order valence-electron chi connectivity index (χ0n) is 10.9. The van der Waals surface area contributed by atoms with Crippen LogP contribution in [-0.2, 0) is 19.4 Å². The van der Waals surface area contributed by atoms with E-state index in [-0.39, 0.29) is 24.8 Å². The molecule has 2 rings (SSSR count). The van der Waals surface area contributed by atoms with Crippen molar-refractivity contribution in [2.45, 2.75) is 17.3 Å². The smallest absolute Gasteiger partial charge is 0.379 e. The van der Waals surface area contributed by atoms with Crippen LogP contribution in [-0.4, -0.2) is 33.0 Å². The Morgan fingerprint density at radius 3 is 2.14 bits per heavy atom. The summed E-state index contributed by atoms with van der Waals surface area (Å²) in [6, 6.07) is 3.83. The van der Waals surface area contributed by atoms with Crippen LogP contribution in [0.2, 0.25) is 0 Å². The first-order valence-electron chi connectivity index (χ1n) is 5.87. The molecule has 0 radical (unpaired) electrons. The maximum Gasteiger partial charge on any atom is 0.501 e. The third kappa shape index (κ3) is 2.88. The van der Waals surface area contributed by atoms with Gasteiger partial charge in [0.05, 0.1) is 23.5 Å². The lowest BCUT2D eigenvalue weighted by Gasteiger charge is -2.36. The van der Waals surface area contributed by atoms with Gasteiger partial charge in [-0.3, -0.25) is 4.79 Å². The minimum absolute atomic E-state index is 0.217. The van der Waals surface area contributed by atoms with Crippen molar-refractivity contribution >= 4 is 21.4 Å². The Bertz CT molecular complexity index is 648. The van der Waals surface area contributed by atoms with Crippen molar-refractivity contribution < 1.29 is 31.1 Å². The number of benzene rings is 1. The number of hydrogen-bond acceptors (Lipinski definition) is 4. The standard InChI is InChI=1S/C12H12F3NO4S/c1-11(6-20-7-11)10(17)16-8-2-4-9(5-3-8)21(18,19)12(13,14)15/h2-5H,6-7H2,1H3,(H,16,17). The largest absolute Gasteiger partial charge is 0.501 e. The first-order chi connectivity index (χ1) is 9.56. The maximum absolute atomic E-state index is 12.4. The number of alkyl halides is 3. The summed E-state index contributed by atoms with van der Waals surface area (Å²) in [6.07, 6.45) is 0. The van der Waals surface area contributed by atoms with E-state index < -0.39 is 25.7 Å². The Morgan fingerprint density at radius 1 is 1.24 bits per heavy atom. The molecule has 0 unspecified atom stereocenters. The highest BCUT2D eigenvalue weighted by molar-refractivity contribution is 7.92. The van der Waals surface area contributed by atoms with Crippen molar-refractivity contribution in [3.8, 4) is 0 Å². The van der Waals surface area contributed by atoms with Gasteiger partial charge >= 0.3 is 5.51 Å². The molecule has 1 fully saturated rings. The number of anilines is 1. The second-order valence-electron chi connectivity index (χ2n) is 4.98. The molecule has 0 atom stereocenters. The summed E-state index contributed by atoms with van der Waals surface area (Å²) in [5.41, 5.74) is -5.81. The number of sulfone groups is 1. The summed E-state index contributed by atoms with van der Waals surface area (Å²) in [5, 5.41) is 2.51. The molecule has 1 aliphatic rings. The van der Waals surface area contributed by atoms with Crippen LogP contribution in [0.1, 0.15) is 6.92 Å². The quantitative estimate of drug-likeness (QED) is 0.923. The molecule has 1 aromatic carbocycles. The average molecular weight is 323 g/mol. The summed E-state index contributed by atoms with van der Waals surface area (Å²) in [4.78, 5) is 11.0. The van der Waals surface area contributed by atoms with E-state index in [1.807, 2.05) is 0 Å². The number of ether oxygens (including phenoxy) is 1. The lowest BCUT2D eigenvalue weighted by molar-refractivity contribution is -0.151. The normalized spacial score (nSPS) is 17.9. The highest BCUT2D eigenvalue weighted by Gasteiger charge is 2.46. The fraction of sp³-hybridized carbons (Fsp3) is 0.417. The summed E-state index contributed by atoms with van der Waals surface area (Å²) < 4.78 is 64.4. The highest BCUT2D eigenvalue weighted by Crippen LogP contribution is 2.31. The first kappa shape index (κ1) is 15.8. The van der Waals surface area contributed by atoms with Gasteiger partial charge in [0.15, 0.2) is 0 Å². The van der Waals surface area contributed by atoms with E-state index >= 15 is 0 Å². The number of amides is 1. The van der Waals surface area contributed by atoms with Crippen molar-refractivity contribution in [3.05, 3.63) is 24.3 Å². The monoisotopic (exact) mass is 323 g/mol. The Kier molecular flexibility index (Phi) is 3.75. The summed E-state index contributed by atoms with van der Waals surface area (Å²) in [7, 11) is -5.38. The predicted octanol–water partition coefficient (Wildman–Crippen LogP) is 1.96. The third-order valence-electron chi connectivity index (χ3n) is 3.12. The second kappa shape index (κ2) is 4.99. The zero-order chi connectivity index (χ0) is 15.9. The number of nitrogens with one attached hydrogen (secondary N) is 1. The average Bonchev–Trinajstić information content (AvgIpc) is 2.35. The summed E-state index contributed by atoms with van der Waals surface area (Å²) in [6.45, 7) is 2.22. The molecule has 1 amide bonds. The van der Waals surface area contributed by atoms with Gasteiger partial charge in [-0.15, -0.1) is 0 Å². The van der Waals surface area contributed by atoms with Gasteiger partial charge in [0.25, 0.3) is 9.84 Å². The first-order valence-corrected chi connectivity index (χ1v) is 7.35. The molecule has 5 nitrogen and oxygen atoms in total. The van der Waals surface area contributed by atoms with Gasteiger partial charge < -0.3 is 10.1 Å². The van der Waals surface area contributed by atoms with Gasteiger partial charge in [-0.1, -0.05) is 0 Å². The van der Waals surface area contributed by atoms with E-state index in [0.717, 1.165) is 24.3 Å². The Hall–Kier alpha value is -1.61. The van der Waals surface area contributed by atoms with Crippen molar-refractivity contribution in [2.75, 3.05) is 18.5 Å². The predicted molar refractivity (Wildman–Crippen MR) is 67.2 cm³/mol. The fourth-order valence-corrected chi connectivity index (χ4v) is 2.43. The number of carbonyl (C=O) groups excluding carboxylic acids is 1. The highest BCUT2D eigenvalue weighted by atomic mass is 32.2. The third-order valence-corrected chi connectivity index (χ3v) is 4.62. The van der Waals surface area contributed by atoms with Crippen LogP contribution in [0, 0.1) is 5.41 Å². The minimum atomic E-state index is -5.38. The maximum atomic E-state index is 12.4. The van der Waals surface area contributed by atoms with E-state index in [9.17, 15) is 26.4 Å². The number of rotatable bonds is 3. The molecule has 1 saturated heterocycles. The molecule has 9 heteroatoms. The molecule has 116 valence electrons. The molecule has 1 aromatic rings. The minimum Gasteiger partial charge on any atom is -0.379 e. The lowest BCUT2D eigenvalue weighted by Crippen LogP contribution is -2.49. The molecule has 0 bridgehead atoms. The van der Waals surface area contributed by atoms with Crippen LogP contribution in [0.4, 0.5) is 18.9 Å². The van der Waals surface area contributed by atoms with Crippen LogP contribution in [0.15, 0.2) is 29.2 Å². The fourth-order valence-electron chi connectivity index (χ4n) is 1.67. The van der Waals surface area contributed by atoms with E-state index in [1.54, 1.807) is 6.92 Å². The van der Waals surface area contributed by atoms with E-state index in [2.05, 4.69) is 5.32 Å². The van der Waals surface area contributed by atoms with Gasteiger partial charge in [-0.25, -0.2) is 8.42 Å². The Morgan fingerprint density at radius 2 is 1.76 bits per heavy atom. The molecular weight excluding hydrogens is 311 g/mol. The van der Waals surface area contributed by atoms with Crippen molar-refractivity contribution in [3.63, 3.8) is 0 Å². The van der Waals surface area contributed by atoms with Crippen molar-refractivity contribution in [1.82, 2.24) is 0 Å². The molecule has 0 spiro atoms. The lowest BCUT2D eigenvalue weighted by atomic mass is 9.87. The van der Waals surface area contributed by atoms with Crippen molar-refractivity contribution in [1.29, 1.82) is 0 Å². The molecule has 0 aliphatic carbocycles. The van der Waals surface area contributed by atoms with Gasteiger partial charge in [0.1, 0.15) is 0 Å². The topological polar surface area (TPSA) is 72.5 Å². The van der Waals surface area contributed by atoms with Gasteiger partial charge in [-0.2, -0.15) is 13.2 Å². The molecule has 1 aliphatic heterocycles. The molecule has 1 N–H and O–H groups in total. The molecule has 0 aromatic heterocycles. The molecule has 0 saturated carbocycles. The van der Waals surface area contributed by atoms with E-state index in [4.69, 9.17) is 4.74 Å². The SMILES string of the molecule is CC1(C(=O)Nc2ccc(S(=O)(=O)C(F)(F)F)cc2)COC1. The number of halogens is 3. The molecule has 21 heavy (non-hydrogen) atoms. The number of carbonyl (C=O) groups is 1. The Balaban J connectivity index is 2.15. The van der Waals surface area contributed by atoms with Crippen LogP contribution >= 0.6 is 0 Å². The van der Waals surface area contributed by atoms with Gasteiger partial charge in [0, 0.05) is 5.69 Å². The van der Waals surface area contributed by atoms with Gasteiger partial charge in [0.2, 0.25) is 5.91 Å². The van der Waals surface area contributed by atoms with Crippen LogP contribution in [0.5, 0.6) is 0 Å².